The molecule has 2 aromatic rings. The first kappa shape index (κ1) is 21.4. The molecule has 0 aliphatic rings. The fourth-order valence-corrected chi connectivity index (χ4v) is 3.22. The third-order valence-corrected chi connectivity index (χ3v) is 4.36. The van der Waals surface area contributed by atoms with Gasteiger partial charge in [-0.2, -0.15) is 0 Å². The molecule has 1 aromatic heterocycles. The lowest BCUT2D eigenvalue weighted by Crippen LogP contribution is -2.47. The second-order valence-corrected chi connectivity index (χ2v) is 7.99. The van der Waals surface area contributed by atoms with Gasteiger partial charge >= 0.3 is 17.7 Å². The number of hydrogen-bond donors (Lipinski definition) is 1. The Morgan fingerprint density at radius 3 is 2.61 bits per heavy atom. The molecular formula is C17H21N3O7S. The molecular weight excluding hydrogens is 390 g/mol. The van der Waals surface area contributed by atoms with E-state index in [0.29, 0.717) is 15.2 Å². The first-order valence-electron chi connectivity index (χ1n) is 8.26. The maximum Gasteiger partial charge on any atom is 0.408 e. The lowest BCUT2D eigenvalue weighted by atomic mass is 10.2. The number of thiazole rings is 1. The molecule has 1 amide bonds. The SMILES string of the molecule is COC(=O)C(COc1ccc2nc(C)sc2c1[N+](=O)[O-])NC(=O)OC(C)(C)C. The standard InChI is InChI=1S/C17H21N3O7S/c1-9-18-10-6-7-12(13(20(23)24)14(10)28-9)26-8-11(15(21)25-5)19-16(22)27-17(2,3)4/h6-7,11H,8H2,1-5H3,(H,19,22). The van der Waals surface area contributed by atoms with E-state index in [9.17, 15) is 19.7 Å². The van der Waals surface area contributed by atoms with Gasteiger partial charge in [-0.25, -0.2) is 14.6 Å². The lowest BCUT2D eigenvalue weighted by Gasteiger charge is -2.22. The van der Waals surface area contributed by atoms with Crippen LogP contribution in [0.4, 0.5) is 10.5 Å². The van der Waals surface area contributed by atoms with Crippen LogP contribution in [0.2, 0.25) is 0 Å². The van der Waals surface area contributed by atoms with Crippen LogP contribution in [-0.4, -0.2) is 47.3 Å². The van der Waals surface area contributed by atoms with Gasteiger partial charge in [0, 0.05) is 0 Å². The maximum atomic E-state index is 12.0. The van der Waals surface area contributed by atoms with Crippen molar-refractivity contribution in [3.63, 3.8) is 0 Å². The Labute approximate surface area is 164 Å². The summed E-state index contributed by atoms with van der Waals surface area (Å²) in [5, 5.41) is 14.6. The van der Waals surface area contributed by atoms with Crippen molar-refractivity contribution >= 4 is 39.3 Å². The fraction of sp³-hybridized carbons (Fsp3) is 0.471. The van der Waals surface area contributed by atoms with Gasteiger partial charge in [-0.05, 0) is 39.8 Å². The Balaban J connectivity index is 2.22. The lowest BCUT2D eigenvalue weighted by molar-refractivity contribution is -0.383. The number of nitro benzene ring substituents is 1. The second kappa shape index (κ2) is 8.38. The Morgan fingerprint density at radius 2 is 2.04 bits per heavy atom. The van der Waals surface area contributed by atoms with E-state index in [1.165, 1.54) is 17.4 Å². The summed E-state index contributed by atoms with van der Waals surface area (Å²) < 4.78 is 15.6. The van der Waals surface area contributed by atoms with Crippen molar-refractivity contribution in [2.45, 2.75) is 39.3 Å². The number of hydrogen-bond acceptors (Lipinski definition) is 9. The molecule has 1 aromatic carbocycles. The second-order valence-electron chi connectivity index (χ2n) is 6.78. The topological polar surface area (TPSA) is 130 Å². The monoisotopic (exact) mass is 411 g/mol. The molecule has 2 rings (SSSR count). The summed E-state index contributed by atoms with van der Waals surface area (Å²) >= 11 is 1.17. The number of carbonyl (C=O) groups excluding carboxylic acids is 2. The van der Waals surface area contributed by atoms with E-state index in [4.69, 9.17) is 9.47 Å². The molecule has 0 bridgehead atoms. The van der Waals surface area contributed by atoms with Crippen molar-refractivity contribution in [3.8, 4) is 5.75 Å². The average Bonchev–Trinajstić information content (AvgIpc) is 2.95. The van der Waals surface area contributed by atoms with Crippen molar-refractivity contribution in [2.24, 2.45) is 0 Å². The van der Waals surface area contributed by atoms with E-state index >= 15 is 0 Å². The first-order valence-corrected chi connectivity index (χ1v) is 9.08. The number of carbonyl (C=O) groups is 2. The van der Waals surface area contributed by atoms with Gasteiger partial charge in [-0.3, -0.25) is 10.1 Å². The summed E-state index contributed by atoms with van der Waals surface area (Å²) in [5.74, 6) is -0.815. The van der Waals surface area contributed by atoms with Crippen LogP contribution in [0.3, 0.4) is 0 Å². The molecule has 1 heterocycles. The highest BCUT2D eigenvalue weighted by molar-refractivity contribution is 7.19. The number of fused-ring (bicyclic) bond motifs is 1. The molecule has 0 saturated carbocycles. The summed E-state index contributed by atoms with van der Waals surface area (Å²) in [7, 11) is 1.15. The van der Waals surface area contributed by atoms with Crippen molar-refractivity contribution in [2.75, 3.05) is 13.7 Å². The van der Waals surface area contributed by atoms with Crippen LogP contribution in [0, 0.1) is 17.0 Å². The largest absolute Gasteiger partial charge is 0.484 e. The van der Waals surface area contributed by atoms with Gasteiger partial charge in [-0.15, -0.1) is 11.3 Å². The minimum absolute atomic E-state index is 0.0407. The zero-order valence-corrected chi connectivity index (χ0v) is 16.9. The normalized spacial score (nSPS) is 12.3. The van der Waals surface area contributed by atoms with Crippen molar-refractivity contribution < 1.29 is 28.7 Å². The molecule has 0 aliphatic heterocycles. The minimum Gasteiger partial charge on any atom is -0.484 e. The number of alkyl carbamates (subject to hydrolysis) is 1. The van der Waals surface area contributed by atoms with E-state index in [1.807, 2.05) is 0 Å². The molecule has 10 nitrogen and oxygen atoms in total. The molecule has 11 heteroatoms. The quantitative estimate of drug-likeness (QED) is 0.436. The third-order valence-electron chi connectivity index (χ3n) is 3.37. The molecule has 0 spiro atoms. The van der Waals surface area contributed by atoms with Gasteiger partial charge < -0.3 is 19.5 Å². The smallest absolute Gasteiger partial charge is 0.408 e. The van der Waals surface area contributed by atoms with Crippen LogP contribution in [0.15, 0.2) is 12.1 Å². The third kappa shape index (κ3) is 5.28. The number of nitro groups is 1. The van der Waals surface area contributed by atoms with E-state index in [1.54, 1.807) is 33.8 Å². The highest BCUT2D eigenvalue weighted by atomic mass is 32.1. The van der Waals surface area contributed by atoms with E-state index in [-0.39, 0.29) is 18.0 Å². The predicted octanol–water partition coefficient (Wildman–Crippen LogP) is 2.96. The minimum atomic E-state index is -1.21. The molecule has 28 heavy (non-hydrogen) atoms. The highest BCUT2D eigenvalue weighted by Gasteiger charge is 2.28. The molecule has 0 fully saturated rings. The number of methoxy groups -OCH3 is 1. The number of aromatic nitrogens is 1. The molecule has 0 aliphatic carbocycles. The van der Waals surface area contributed by atoms with Gasteiger partial charge in [-0.1, -0.05) is 0 Å². The van der Waals surface area contributed by atoms with Crippen LogP contribution < -0.4 is 10.1 Å². The van der Waals surface area contributed by atoms with Crippen molar-refractivity contribution in [1.29, 1.82) is 0 Å². The predicted molar refractivity (Wildman–Crippen MR) is 102 cm³/mol. The van der Waals surface area contributed by atoms with Gasteiger partial charge in [0.25, 0.3) is 0 Å². The summed E-state index contributed by atoms with van der Waals surface area (Å²) in [6.45, 7) is 6.38. The number of ether oxygens (including phenoxy) is 3. The van der Waals surface area contributed by atoms with Gasteiger partial charge in [0.15, 0.2) is 11.8 Å². The zero-order valence-electron chi connectivity index (χ0n) is 16.1. The number of benzene rings is 1. The van der Waals surface area contributed by atoms with Gasteiger partial charge in [0.1, 0.15) is 16.9 Å². The zero-order chi connectivity index (χ0) is 21.1. The number of esters is 1. The number of nitrogens with zero attached hydrogens (tertiary/aromatic N) is 2. The molecule has 1 atom stereocenters. The highest BCUT2D eigenvalue weighted by Crippen LogP contribution is 2.38. The number of aryl methyl sites for hydroxylation is 1. The number of rotatable bonds is 6. The van der Waals surface area contributed by atoms with E-state index < -0.39 is 28.6 Å². The molecule has 1 N–H and O–H groups in total. The molecule has 0 saturated heterocycles. The molecule has 0 radical (unpaired) electrons. The molecule has 1 unspecified atom stereocenters. The van der Waals surface area contributed by atoms with Crippen LogP contribution in [0.5, 0.6) is 5.75 Å². The van der Waals surface area contributed by atoms with Crippen LogP contribution in [0.1, 0.15) is 25.8 Å². The van der Waals surface area contributed by atoms with Crippen LogP contribution >= 0.6 is 11.3 Å². The van der Waals surface area contributed by atoms with Crippen molar-refractivity contribution in [3.05, 3.63) is 27.3 Å². The maximum absolute atomic E-state index is 12.0. The molecule has 152 valence electrons. The van der Waals surface area contributed by atoms with E-state index in [2.05, 4.69) is 15.0 Å². The van der Waals surface area contributed by atoms with Crippen molar-refractivity contribution in [1.82, 2.24) is 10.3 Å². The summed E-state index contributed by atoms with van der Waals surface area (Å²) in [6, 6.07) is 1.79. The summed E-state index contributed by atoms with van der Waals surface area (Å²) in [4.78, 5) is 39.1. The number of amides is 1. The Kier molecular flexibility index (Phi) is 6.39. The van der Waals surface area contributed by atoms with Gasteiger partial charge in [0.05, 0.1) is 22.6 Å². The van der Waals surface area contributed by atoms with E-state index in [0.717, 1.165) is 7.11 Å². The van der Waals surface area contributed by atoms with Crippen LogP contribution in [-0.2, 0) is 14.3 Å². The van der Waals surface area contributed by atoms with Crippen LogP contribution in [0.25, 0.3) is 10.2 Å². The Bertz CT molecular complexity index is 904. The first-order chi connectivity index (χ1) is 13.0. The number of nitrogens with one attached hydrogen (secondary N) is 1. The Morgan fingerprint density at radius 1 is 1.36 bits per heavy atom. The summed E-state index contributed by atoms with van der Waals surface area (Å²) in [5.41, 5.74) is -0.527. The Hall–Kier alpha value is -2.95. The fourth-order valence-electron chi connectivity index (χ4n) is 2.29. The summed E-state index contributed by atoms with van der Waals surface area (Å²) in [6.07, 6.45) is -0.838. The van der Waals surface area contributed by atoms with Gasteiger partial charge in [0.2, 0.25) is 0 Å². The average molecular weight is 411 g/mol.